The Hall–Kier alpha value is -1.02. The summed E-state index contributed by atoms with van der Waals surface area (Å²) < 4.78 is 6.06. The summed E-state index contributed by atoms with van der Waals surface area (Å²) in [6.45, 7) is 8.36. The highest BCUT2D eigenvalue weighted by Gasteiger charge is 2.22. The summed E-state index contributed by atoms with van der Waals surface area (Å²) in [5, 5.41) is 6.85. The summed E-state index contributed by atoms with van der Waals surface area (Å²) in [7, 11) is 1.83. The van der Waals surface area contributed by atoms with Gasteiger partial charge >= 0.3 is 0 Å². The second kappa shape index (κ2) is 11.7. The molecule has 0 bridgehead atoms. The maximum Gasteiger partial charge on any atom is 0.191 e. The maximum absolute atomic E-state index is 6.06. The Morgan fingerprint density at radius 1 is 1.22 bits per heavy atom. The fraction of sp³-hybridized carbons (Fsp3) is 0.667. The number of guanidine groups is 1. The second-order valence-electron chi connectivity index (χ2n) is 7.62. The number of likely N-dealkylation sites (tertiary alicyclic amines) is 1. The van der Waals surface area contributed by atoms with Crippen LogP contribution in [0.5, 0.6) is 5.75 Å². The molecule has 0 unspecified atom stereocenters. The molecule has 1 aromatic carbocycles. The third-order valence-electron chi connectivity index (χ3n) is 5.21. The van der Waals surface area contributed by atoms with Gasteiger partial charge in [0, 0.05) is 25.7 Å². The zero-order valence-electron chi connectivity index (χ0n) is 16.8. The Kier molecular flexibility index (Phi) is 9.68. The molecular formula is C21H35IN4O. The van der Waals surface area contributed by atoms with E-state index in [9.17, 15) is 0 Å². The standard InChI is InChI=1S/C21H34N4O.HI/c1-17-6-9-19(20(14-17)26-16-18-7-8-18)15-24-21(22-2)23-10-5-13-25-11-3-4-12-25;/h6,9,14,18H,3-5,7-8,10-13,15-16H2,1-2H3,(H2,22,23,24);1H. The number of benzene rings is 1. The maximum atomic E-state index is 6.06. The Balaban J connectivity index is 0.00000261. The molecule has 1 aromatic rings. The first-order valence-electron chi connectivity index (χ1n) is 10.1. The quantitative estimate of drug-likeness (QED) is 0.243. The molecule has 5 nitrogen and oxygen atoms in total. The van der Waals surface area contributed by atoms with Crippen molar-refractivity contribution in [1.29, 1.82) is 0 Å². The van der Waals surface area contributed by atoms with Crippen LogP contribution in [0.3, 0.4) is 0 Å². The Morgan fingerprint density at radius 3 is 2.70 bits per heavy atom. The van der Waals surface area contributed by atoms with Crippen LogP contribution in [-0.2, 0) is 6.54 Å². The summed E-state index contributed by atoms with van der Waals surface area (Å²) in [4.78, 5) is 6.89. The van der Waals surface area contributed by atoms with Crippen molar-refractivity contribution in [2.24, 2.45) is 10.9 Å². The van der Waals surface area contributed by atoms with Crippen molar-refractivity contribution in [2.75, 3.05) is 39.8 Å². The van der Waals surface area contributed by atoms with Crippen molar-refractivity contribution in [3.8, 4) is 5.75 Å². The van der Waals surface area contributed by atoms with Crippen molar-refractivity contribution in [1.82, 2.24) is 15.5 Å². The summed E-state index contributed by atoms with van der Waals surface area (Å²) in [6, 6.07) is 6.45. The third kappa shape index (κ3) is 7.86. The lowest BCUT2D eigenvalue weighted by molar-refractivity contribution is 0.296. The van der Waals surface area contributed by atoms with Crippen LogP contribution in [0, 0.1) is 12.8 Å². The molecule has 2 fully saturated rings. The number of halogens is 1. The van der Waals surface area contributed by atoms with E-state index in [0.717, 1.165) is 43.7 Å². The van der Waals surface area contributed by atoms with Gasteiger partial charge in [0.1, 0.15) is 5.75 Å². The molecule has 1 aliphatic heterocycles. The molecule has 0 spiro atoms. The molecular weight excluding hydrogens is 451 g/mol. The minimum Gasteiger partial charge on any atom is -0.493 e. The fourth-order valence-corrected chi connectivity index (χ4v) is 3.35. The molecule has 1 saturated heterocycles. The molecule has 1 heterocycles. The van der Waals surface area contributed by atoms with E-state index in [1.165, 1.54) is 56.4 Å². The molecule has 0 atom stereocenters. The van der Waals surface area contributed by atoms with E-state index in [0.29, 0.717) is 0 Å². The minimum atomic E-state index is 0. The van der Waals surface area contributed by atoms with E-state index in [2.05, 4.69) is 45.6 Å². The molecule has 1 saturated carbocycles. The van der Waals surface area contributed by atoms with Crippen LogP contribution in [0.4, 0.5) is 0 Å². The van der Waals surface area contributed by atoms with Gasteiger partial charge in [0.2, 0.25) is 0 Å². The average molecular weight is 486 g/mol. The number of ether oxygens (including phenoxy) is 1. The first-order chi connectivity index (χ1) is 12.7. The predicted octanol–water partition coefficient (Wildman–Crippen LogP) is 3.55. The Bertz CT molecular complexity index is 598. The average Bonchev–Trinajstić information content (AvgIpc) is 3.34. The van der Waals surface area contributed by atoms with Crippen molar-refractivity contribution < 1.29 is 4.74 Å². The van der Waals surface area contributed by atoms with Gasteiger partial charge in [-0.3, -0.25) is 4.99 Å². The van der Waals surface area contributed by atoms with Crippen molar-refractivity contribution in [2.45, 2.75) is 45.6 Å². The van der Waals surface area contributed by atoms with Gasteiger partial charge < -0.3 is 20.3 Å². The molecule has 152 valence electrons. The van der Waals surface area contributed by atoms with E-state index in [-0.39, 0.29) is 24.0 Å². The normalized spacial score (nSPS) is 17.5. The molecule has 27 heavy (non-hydrogen) atoms. The van der Waals surface area contributed by atoms with Crippen LogP contribution in [0.1, 0.15) is 43.2 Å². The van der Waals surface area contributed by atoms with E-state index in [4.69, 9.17) is 4.74 Å². The molecule has 0 radical (unpaired) electrons. The predicted molar refractivity (Wildman–Crippen MR) is 123 cm³/mol. The van der Waals surface area contributed by atoms with E-state index in [1.807, 2.05) is 7.05 Å². The van der Waals surface area contributed by atoms with Gasteiger partial charge in [0.15, 0.2) is 5.96 Å². The van der Waals surface area contributed by atoms with Crippen LogP contribution in [0.15, 0.2) is 23.2 Å². The fourth-order valence-electron chi connectivity index (χ4n) is 3.35. The summed E-state index contributed by atoms with van der Waals surface area (Å²) in [6.07, 6.45) is 6.50. The van der Waals surface area contributed by atoms with Gasteiger partial charge in [-0.1, -0.05) is 12.1 Å². The smallest absolute Gasteiger partial charge is 0.191 e. The van der Waals surface area contributed by atoms with E-state index < -0.39 is 0 Å². The number of hydrogen-bond acceptors (Lipinski definition) is 3. The molecule has 2 N–H and O–H groups in total. The third-order valence-corrected chi connectivity index (χ3v) is 5.21. The monoisotopic (exact) mass is 486 g/mol. The molecule has 2 aliphatic rings. The van der Waals surface area contributed by atoms with Gasteiger partial charge in [-0.05, 0) is 76.2 Å². The van der Waals surface area contributed by atoms with Crippen LogP contribution in [0.25, 0.3) is 0 Å². The zero-order valence-corrected chi connectivity index (χ0v) is 19.1. The largest absolute Gasteiger partial charge is 0.493 e. The number of aliphatic imine (C=N–C) groups is 1. The molecule has 6 heteroatoms. The molecule has 0 aromatic heterocycles. The number of nitrogens with one attached hydrogen (secondary N) is 2. The number of rotatable bonds is 9. The van der Waals surface area contributed by atoms with Gasteiger partial charge in [-0.15, -0.1) is 24.0 Å². The Morgan fingerprint density at radius 2 is 2.00 bits per heavy atom. The molecule has 1 aliphatic carbocycles. The highest BCUT2D eigenvalue weighted by molar-refractivity contribution is 14.0. The van der Waals surface area contributed by atoms with Gasteiger partial charge in [0.25, 0.3) is 0 Å². The van der Waals surface area contributed by atoms with Crippen LogP contribution >= 0.6 is 24.0 Å². The summed E-state index contributed by atoms with van der Waals surface area (Å²) >= 11 is 0. The first kappa shape index (κ1) is 22.3. The van der Waals surface area contributed by atoms with Crippen molar-refractivity contribution in [3.63, 3.8) is 0 Å². The van der Waals surface area contributed by atoms with Crippen molar-refractivity contribution in [3.05, 3.63) is 29.3 Å². The lowest BCUT2D eigenvalue weighted by Crippen LogP contribution is -2.38. The topological polar surface area (TPSA) is 48.9 Å². The van der Waals surface area contributed by atoms with Crippen LogP contribution in [0.2, 0.25) is 0 Å². The Labute approximate surface area is 181 Å². The van der Waals surface area contributed by atoms with Crippen LogP contribution in [-0.4, -0.2) is 50.7 Å². The van der Waals surface area contributed by atoms with E-state index >= 15 is 0 Å². The van der Waals surface area contributed by atoms with Crippen LogP contribution < -0.4 is 15.4 Å². The lowest BCUT2D eigenvalue weighted by Gasteiger charge is -2.17. The SMILES string of the molecule is CN=C(NCCCN1CCCC1)NCc1ccc(C)cc1OCC1CC1.I. The molecule has 3 rings (SSSR count). The number of hydrogen-bond donors (Lipinski definition) is 2. The number of nitrogens with zero attached hydrogens (tertiary/aromatic N) is 2. The lowest BCUT2D eigenvalue weighted by atomic mass is 10.1. The summed E-state index contributed by atoms with van der Waals surface area (Å²) in [5.41, 5.74) is 2.43. The zero-order chi connectivity index (χ0) is 18.2. The molecule has 0 amide bonds. The highest BCUT2D eigenvalue weighted by atomic mass is 127. The minimum absolute atomic E-state index is 0. The summed E-state index contributed by atoms with van der Waals surface area (Å²) in [5.74, 6) is 2.63. The van der Waals surface area contributed by atoms with Crippen molar-refractivity contribution >= 4 is 29.9 Å². The van der Waals surface area contributed by atoms with Gasteiger partial charge in [-0.25, -0.2) is 0 Å². The highest BCUT2D eigenvalue weighted by Crippen LogP contribution is 2.30. The first-order valence-corrected chi connectivity index (χ1v) is 10.1. The van der Waals surface area contributed by atoms with Gasteiger partial charge in [0.05, 0.1) is 6.61 Å². The van der Waals surface area contributed by atoms with E-state index in [1.54, 1.807) is 0 Å². The second-order valence-corrected chi connectivity index (χ2v) is 7.62. The number of aryl methyl sites for hydroxylation is 1. The van der Waals surface area contributed by atoms with Gasteiger partial charge in [-0.2, -0.15) is 0 Å².